The van der Waals surface area contributed by atoms with Gasteiger partial charge in [0.05, 0.1) is 13.2 Å². The first-order valence-electron chi connectivity index (χ1n) is 6.51. The van der Waals surface area contributed by atoms with Crippen molar-refractivity contribution in [3.05, 3.63) is 29.8 Å². The maximum absolute atomic E-state index is 11.6. The topological polar surface area (TPSA) is 46.5 Å². The highest BCUT2D eigenvalue weighted by molar-refractivity contribution is 5.79. The van der Waals surface area contributed by atoms with Crippen LogP contribution in [0.5, 0.6) is 5.75 Å². The number of ether oxygens (including phenoxy) is 1. The highest BCUT2D eigenvalue weighted by Crippen LogP contribution is 2.21. The van der Waals surface area contributed by atoms with E-state index in [1.807, 2.05) is 0 Å². The van der Waals surface area contributed by atoms with E-state index in [-0.39, 0.29) is 12.2 Å². The number of ketones is 1. The minimum Gasteiger partial charge on any atom is -0.497 e. The smallest absolute Gasteiger partial charge is 0.135 e. The zero-order valence-corrected chi connectivity index (χ0v) is 11.2. The van der Waals surface area contributed by atoms with Crippen molar-refractivity contribution in [1.82, 2.24) is 0 Å². The van der Waals surface area contributed by atoms with Gasteiger partial charge in [0, 0.05) is 12.8 Å². The fourth-order valence-corrected chi connectivity index (χ4v) is 1.83. The van der Waals surface area contributed by atoms with Crippen molar-refractivity contribution in [3.8, 4) is 5.75 Å². The van der Waals surface area contributed by atoms with E-state index in [2.05, 4.69) is 6.92 Å². The molecule has 1 atom stereocenters. The van der Waals surface area contributed by atoms with Crippen LogP contribution in [0.15, 0.2) is 24.3 Å². The second-order valence-corrected chi connectivity index (χ2v) is 4.49. The van der Waals surface area contributed by atoms with Crippen LogP contribution in [0.1, 0.15) is 50.7 Å². The molecule has 0 amide bonds. The lowest BCUT2D eigenvalue weighted by atomic mass is 10.0. The molecule has 0 saturated heterocycles. The molecule has 0 spiro atoms. The van der Waals surface area contributed by atoms with E-state index in [9.17, 15) is 9.90 Å². The van der Waals surface area contributed by atoms with Crippen LogP contribution in [0, 0.1) is 0 Å². The Balaban J connectivity index is 2.43. The summed E-state index contributed by atoms with van der Waals surface area (Å²) in [5, 5.41) is 9.95. The van der Waals surface area contributed by atoms with E-state index < -0.39 is 6.10 Å². The normalized spacial score (nSPS) is 12.2. The molecule has 1 aromatic rings. The first-order valence-corrected chi connectivity index (χ1v) is 6.51. The number of aliphatic hydroxyl groups excluding tert-OH is 1. The lowest BCUT2D eigenvalue weighted by Crippen LogP contribution is -2.06. The van der Waals surface area contributed by atoms with Crippen LogP contribution in [-0.4, -0.2) is 18.0 Å². The number of carbonyl (C=O) groups excluding carboxylic acids is 1. The minimum atomic E-state index is -0.704. The second kappa shape index (κ2) is 7.88. The van der Waals surface area contributed by atoms with Gasteiger partial charge in [-0.15, -0.1) is 0 Å². The molecule has 1 unspecified atom stereocenters. The van der Waals surface area contributed by atoms with Gasteiger partial charge in [-0.2, -0.15) is 0 Å². The molecule has 18 heavy (non-hydrogen) atoms. The third-order valence-electron chi connectivity index (χ3n) is 2.98. The van der Waals surface area contributed by atoms with Crippen molar-refractivity contribution in [1.29, 1.82) is 0 Å². The second-order valence-electron chi connectivity index (χ2n) is 4.49. The summed E-state index contributed by atoms with van der Waals surface area (Å²) in [5.41, 5.74) is 0.764. The van der Waals surface area contributed by atoms with Crippen LogP contribution in [0.4, 0.5) is 0 Å². The molecule has 1 aromatic carbocycles. The average Bonchev–Trinajstić information content (AvgIpc) is 2.39. The number of unbranched alkanes of at least 4 members (excludes halogenated alkanes) is 2. The van der Waals surface area contributed by atoms with Gasteiger partial charge >= 0.3 is 0 Å². The molecule has 3 heteroatoms. The summed E-state index contributed by atoms with van der Waals surface area (Å²) < 4.78 is 5.05. The van der Waals surface area contributed by atoms with Crippen molar-refractivity contribution >= 4 is 5.78 Å². The number of methoxy groups -OCH3 is 1. The first kappa shape index (κ1) is 14.7. The zero-order chi connectivity index (χ0) is 13.4. The molecule has 3 nitrogen and oxygen atoms in total. The van der Waals surface area contributed by atoms with Crippen LogP contribution in [0.25, 0.3) is 0 Å². The molecule has 1 rings (SSSR count). The third kappa shape index (κ3) is 4.88. The molecule has 0 radical (unpaired) electrons. The predicted molar refractivity (Wildman–Crippen MR) is 71.7 cm³/mol. The molecular weight excluding hydrogens is 228 g/mol. The standard InChI is InChI=1S/C15H22O3/c1-3-4-5-6-13(16)11-15(17)12-7-9-14(18-2)10-8-12/h7-10,15,17H,3-6,11H2,1-2H3. The Hall–Kier alpha value is -1.35. The summed E-state index contributed by atoms with van der Waals surface area (Å²) in [6.45, 7) is 2.11. The summed E-state index contributed by atoms with van der Waals surface area (Å²) in [7, 11) is 1.60. The lowest BCUT2D eigenvalue weighted by molar-refractivity contribution is -0.121. The Morgan fingerprint density at radius 1 is 1.28 bits per heavy atom. The van der Waals surface area contributed by atoms with Crippen LogP contribution in [0.3, 0.4) is 0 Å². The number of benzene rings is 1. The Morgan fingerprint density at radius 2 is 1.94 bits per heavy atom. The van der Waals surface area contributed by atoms with Crippen molar-refractivity contribution in [3.63, 3.8) is 0 Å². The lowest BCUT2D eigenvalue weighted by Gasteiger charge is -2.10. The van der Waals surface area contributed by atoms with Gasteiger partial charge in [-0.05, 0) is 24.1 Å². The molecule has 0 heterocycles. The van der Waals surface area contributed by atoms with E-state index in [0.29, 0.717) is 6.42 Å². The highest BCUT2D eigenvalue weighted by Gasteiger charge is 2.12. The molecule has 1 N–H and O–H groups in total. The summed E-state index contributed by atoms with van der Waals surface area (Å²) in [6.07, 6.45) is 3.17. The first-order chi connectivity index (χ1) is 8.67. The maximum atomic E-state index is 11.6. The number of aliphatic hydroxyl groups is 1. The number of rotatable bonds is 8. The van der Waals surface area contributed by atoms with Gasteiger partial charge in [0.1, 0.15) is 11.5 Å². The quantitative estimate of drug-likeness (QED) is 0.720. The predicted octanol–water partition coefficient (Wildman–Crippen LogP) is 3.27. The van der Waals surface area contributed by atoms with Crippen molar-refractivity contribution in [2.75, 3.05) is 7.11 Å². The van der Waals surface area contributed by atoms with E-state index >= 15 is 0 Å². The molecule has 0 aromatic heterocycles. The summed E-state index contributed by atoms with van der Waals surface area (Å²) in [5.74, 6) is 0.881. The molecular formula is C15H22O3. The molecule has 0 bridgehead atoms. The Labute approximate surface area is 109 Å². The SMILES string of the molecule is CCCCCC(=O)CC(O)c1ccc(OC)cc1. The van der Waals surface area contributed by atoms with Gasteiger partial charge < -0.3 is 9.84 Å². The van der Waals surface area contributed by atoms with Crippen molar-refractivity contribution in [2.45, 2.75) is 45.1 Å². The molecule has 0 fully saturated rings. The van der Waals surface area contributed by atoms with Gasteiger partial charge in [-0.1, -0.05) is 31.9 Å². The summed E-state index contributed by atoms with van der Waals surface area (Å²) in [4.78, 5) is 11.6. The highest BCUT2D eigenvalue weighted by atomic mass is 16.5. The van der Waals surface area contributed by atoms with Gasteiger partial charge in [-0.25, -0.2) is 0 Å². The zero-order valence-electron chi connectivity index (χ0n) is 11.2. The molecule has 0 aliphatic rings. The van der Waals surface area contributed by atoms with Crippen LogP contribution < -0.4 is 4.74 Å². The Morgan fingerprint density at radius 3 is 2.50 bits per heavy atom. The van der Waals surface area contributed by atoms with Crippen LogP contribution in [0.2, 0.25) is 0 Å². The fraction of sp³-hybridized carbons (Fsp3) is 0.533. The molecule has 0 aliphatic carbocycles. The van der Waals surface area contributed by atoms with E-state index in [1.54, 1.807) is 31.4 Å². The van der Waals surface area contributed by atoms with E-state index in [4.69, 9.17) is 4.74 Å². The number of hydrogen-bond donors (Lipinski definition) is 1. The van der Waals surface area contributed by atoms with Gasteiger partial charge in [-0.3, -0.25) is 4.79 Å². The Bertz CT molecular complexity index is 357. The maximum Gasteiger partial charge on any atom is 0.135 e. The minimum absolute atomic E-state index is 0.131. The molecule has 0 saturated carbocycles. The number of Topliss-reactive ketones (excluding diaryl/α,β-unsaturated/α-hetero) is 1. The van der Waals surface area contributed by atoms with E-state index in [0.717, 1.165) is 30.6 Å². The fourth-order valence-electron chi connectivity index (χ4n) is 1.83. The van der Waals surface area contributed by atoms with Gasteiger partial charge in [0.25, 0.3) is 0 Å². The van der Waals surface area contributed by atoms with Crippen LogP contribution >= 0.6 is 0 Å². The summed E-state index contributed by atoms with van der Waals surface area (Å²) >= 11 is 0. The van der Waals surface area contributed by atoms with Crippen molar-refractivity contribution < 1.29 is 14.6 Å². The van der Waals surface area contributed by atoms with E-state index in [1.165, 1.54) is 0 Å². The number of hydrogen-bond acceptors (Lipinski definition) is 3. The Kier molecular flexibility index (Phi) is 6.44. The largest absolute Gasteiger partial charge is 0.497 e. The third-order valence-corrected chi connectivity index (χ3v) is 2.98. The van der Waals surface area contributed by atoms with Crippen molar-refractivity contribution in [2.24, 2.45) is 0 Å². The van der Waals surface area contributed by atoms with Crippen LogP contribution in [-0.2, 0) is 4.79 Å². The molecule has 100 valence electrons. The average molecular weight is 250 g/mol. The number of carbonyl (C=O) groups is 1. The van der Waals surface area contributed by atoms with Gasteiger partial charge in [0.15, 0.2) is 0 Å². The van der Waals surface area contributed by atoms with Gasteiger partial charge in [0.2, 0.25) is 0 Å². The summed E-state index contributed by atoms with van der Waals surface area (Å²) in [6, 6.07) is 7.17. The monoisotopic (exact) mass is 250 g/mol. The molecule has 0 aliphatic heterocycles.